The first-order valence-corrected chi connectivity index (χ1v) is 6.06. The third-order valence-electron chi connectivity index (χ3n) is 2.41. The second-order valence-electron chi connectivity index (χ2n) is 3.74. The second-order valence-corrected chi connectivity index (χ2v) is 4.56. The monoisotopic (exact) mass is 259 g/mol. The van der Waals surface area contributed by atoms with Crippen LogP contribution >= 0.6 is 23.2 Å². The summed E-state index contributed by atoms with van der Waals surface area (Å²) in [7, 11) is 0. The van der Waals surface area contributed by atoms with E-state index in [1.165, 1.54) is 0 Å². The molecule has 88 valence electrons. The Hall–Kier alpha value is -0.570. The molecule has 0 amide bonds. The summed E-state index contributed by atoms with van der Waals surface area (Å²) in [4.78, 5) is 11.9. The number of unbranched alkanes of at least 4 members (excludes halogenated alkanes) is 1. The van der Waals surface area contributed by atoms with Crippen molar-refractivity contribution in [2.45, 2.75) is 32.2 Å². The van der Waals surface area contributed by atoms with Gasteiger partial charge >= 0.3 is 0 Å². The smallest absolute Gasteiger partial charge is 0.179 e. The molecule has 0 radical (unpaired) electrons. The Morgan fingerprint density at radius 3 is 2.62 bits per heavy atom. The summed E-state index contributed by atoms with van der Waals surface area (Å²) >= 11 is 11.6. The lowest BCUT2D eigenvalue weighted by atomic mass is 10.0. The Morgan fingerprint density at radius 1 is 1.38 bits per heavy atom. The van der Waals surface area contributed by atoms with Crippen molar-refractivity contribution >= 4 is 29.0 Å². The number of rotatable bonds is 5. The highest BCUT2D eigenvalue weighted by molar-refractivity contribution is 6.42. The largest absolute Gasteiger partial charge is 0.321 e. The minimum atomic E-state index is -0.447. The van der Waals surface area contributed by atoms with E-state index in [1.807, 2.05) is 0 Å². The van der Waals surface area contributed by atoms with Crippen LogP contribution in [0.2, 0.25) is 10.0 Å². The molecule has 1 unspecified atom stereocenters. The van der Waals surface area contributed by atoms with Gasteiger partial charge in [0.15, 0.2) is 5.78 Å². The van der Waals surface area contributed by atoms with E-state index < -0.39 is 6.04 Å². The highest BCUT2D eigenvalue weighted by atomic mass is 35.5. The van der Waals surface area contributed by atoms with Crippen molar-refractivity contribution < 1.29 is 4.79 Å². The summed E-state index contributed by atoms with van der Waals surface area (Å²) in [6.07, 6.45) is 2.69. The maximum absolute atomic E-state index is 11.9. The normalized spacial score (nSPS) is 12.5. The van der Waals surface area contributed by atoms with Crippen LogP contribution in [0, 0.1) is 0 Å². The highest BCUT2D eigenvalue weighted by Crippen LogP contribution is 2.23. The van der Waals surface area contributed by atoms with E-state index in [1.54, 1.807) is 18.2 Å². The van der Waals surface area contributed by atoms with Gasteiger partial charge in [-0.1, -0.05) is 43.0 Å². The van der Waals surface area contributed by atoms with Crippen molar-refractivity contribution in [3.05, 3.63) is 33.8 Å². The molecule has 0 saturated heterocycles. The summed E-state index contributed by atoms with van der Waals surface area (Å²) in [6.45, 7) is 2.07. The van der Waals surface area contributed by atoms with Crippen LogP contribution in [0.4, 0.5) is 0 Å². The Balaban J connectivity index is 2.76. The molecule has 0 fully saturated rings. The Bertz CT molecular complexity index is 379. The van der Waals surface area contributed by atoms with Gasteiger partial charge in [-0.2, -0.15) is 0 Å². The van der Waals surface area contributed by atoms with Crippen molar-refractivity contribution in [1.82, 2.24) is 0 Å². The summed E-state index contributed by atoms with van der Waals surface area (Å²) in [5, 5.41) is 0.829. The SMILES string of the molecule is CCCCC(N)C(=O)c1ccc(Cl)c(Cl)c1. The average molecular weight is 260 g/mol. The van der Waals surface area contributed by atoms with Crippen LogP contribution in [0.1, 0.15) is 36.5 Å². The van der Waals surface area contributed by atoms with Gasteiger partial charge < -0.3 is 5.73 Å². The minimum absolute atomic E-state index is 0.0768. The van der Waals surface area contributed by atoms with Crippen LogP contribution in [0.15, 0.2) is 18.2 Å². The number of Topliss-reactive ketones (excluding diaryl/α,β-unsaturated/α-hetero) is 1. The number of carbonyl (C=O) groups excluding carboxylic acids is 1. The van der Waals surface area contributed by atoms with Crippen LogP contribution in [-0.4, -0.2) is 11.8 Å². The van der Waals surface area contributed by atoms with Crippen molar-refractivity contribution in [2.24, 2.45) is 5.73 Å². The maximum Gasteiger partial charge on any atom is 0.179 e. The highest BCUT2D eigenvalue weighted by Gasteiger charge is 2.15. The molecule has 0 heterocycles. The molecule has 1 rings (SSSR count). The molecular weight excluding hydrogens is 245 g/mol. The van der Waals surface area contributed by atoms with Gasteiger partial charge in [0.1, 0.15) is 0 Å². The van der Waals surface area contributed by atoms with E-state index in [0.717, 1.165) is 12.8 Å². The standard InChI is InChI=1S/C12H15Cl2NO/c1-2-3-4-11(15)12(16)8-5-6-9(13)10(14)7-8/h5-7,11H,2-4,15H2,1H3. The molecule has 2 N–H and O–H groups in total. The van der Waals surface area contributed by atoms with Crippen molar-refractivity contribution in [2.75, 3.05) is 0 Å². The van der Waals surface area contributed by atoms with Gasteiger partial charge in [-0.05, 0) is 24.6 Å². The Morgan fingerprint density at radius 2 is 2.06 bits per heavy atom. The lowest BCUT2D eigenvalue weighted by molar-refractivity contribution is 0.0956. The Labute approximate surface area is 106 Å². The van der Waals surface area contributed by atoms with Crippen molar-refractivity contribution in [3.8, 4) is 0 Å². The van der Waals surface area contributed by atoms with E-state index >= 15 is 0 Å². The molecule has 1 atom stereocenters. The molecule has 4 heteroatoms. The molecule has 0 aliphatic heterocycles. The predicted molar refractivity (Wildman–Crippen MR) is 68.3 cm³/mol. The quantitative estimate of drug-likeness (QED) is 0.820. The van der Waals surface area contributed by atoms with Crippen molar-refractivity contribution in [3.63, 3.8) is 0 Å². The van der Waals surface area contributed by atoms with E-state index in [-0.39, 0.29) is 5.78 Å². The molecule has 0 saturated carbocycles. The zero-order chi connectivity index (χ0) is 12.1. The predicted octanol–water partition coefficient (Wildman–Crippen LogP) is 3.69. The molecule has 0 bridgehead atoms. The van der Waals surface area contributed by atoms with Gasteiger partial charge in [-0.3, -0.25) is 4.79 Å². The molecule has 0 aromatic heterocycles. The number of nitrogens with two attached hydrogens (primary N) is 1. The molecule has 16 heavy (non-hydrogen) atoms. The number of ketones is 1. The van der Waals surface area contributed by atoms with E-state index in [2.05, 4.69) is 6.92 Å². The summed E-state index contributed by atoms with van der Waals surface area (Å²) < 4.78 is 0. The lowest BCUT2D eigenvalue weighted by Crippen LogP contribution is -2.30. The molecular formula is C12H15Cl2NO. The fourth-order valence-electron chi connectivity index (χ4n) is 1.42. The van der Waals surface area contributed by atoms with Gasteiger partial charge in [0.2, 0.25) is 0 Å². The molecule has 1 aromatic carbocycles. The summed E-state index contributed by atoms with van der Waals surface area (Å²) in [5.41, 5.74) is 6.32. The topological polar surface area (TPSA) is 43.1 Å². The molecule has 2 nitrogen and oxygen atoms in total. The van der Waals surface area contributed by atoms with Crippen molar-refractivity contribution in [1.29, 1.82) is 0 Å². The Kier molecular flexibility index (Phi) is 5.26. The van der Waals surface area contributed by atoms with E-state index in [4.69, 9.17) is 28.9 Å². The van der Waals surface area contributed by atoms with Gasteiger partial charge in [-0.15, -0.1) is 0 Å². The number of halogens is 2. The summed E-state index contributed by atoms with van der Waals surface area (Å²) in [6, 6.07) is 4.39. The van der Waals surface area contributed by atoms with Crippen LogP contribution in [0.3, 0.4) is 0 Å². The number of hydrogen-bond donors (Lipinski definition) is 1. The van der Waals surface area contributed by atoms with Gasteiger partial charge in [-0.25, -0.2) is 0 Å². The van der Waals surface area contributed by atoms with Gasteiger partial charge in [0.05, 0.1) is 16.1 Å². The minimum Gasteiger partial charge on any atom is -0.321 e. The molecule has 0 aliphatic rings. The first kappa shape index (κ1) is 13.5. The zero-order valence-electron chi connectivity index (χ0n) is 9.17. The van der Waals surface area contributed by atoms with Crippen LogP contribution in [0.5, 0.6) is 0 Å². The number of carbonyl (C=O) groups is 1. The molecule has 1 aromatic rings. The first-order valence-electron chi connectivity index (χ1n) is 5.31. The fraction of sp³-hybridized carbons (Fsp3) is 0.417. The average Bonchev–Trinajstić information content (AvgIpc) is 2.28. The second kappa shape index (κ2) is 6.24. The fourth-order valence-corrected chi connectivity index (χ4v) is 1.72. The lowest BCUT2D eigenvalue weighted by Gasteiger charge is -2.10. The van der Waals surface area contributed by atoms with Crippen LogP contribution in [0.25, 0.3) is 0 Å². The van der Waals surface area contributed by atoms with Gasteiger partial charge in [0, 0.05) is 5.56 Å². The number of hydrogen-bond acceptors (Lipinski definition) is 2. The third-order valence-corrected chi connectivity index (χ3v) is 3.15. The van der Waals surface area contributed by atoms with Gasteiger partial charge in [0.25, 0.3) is 0 Å². The number of benzene rings is 1. The van der Waals surface area contributed by atoms with E-state index in [9.17, 15) is 4.79 Å². The van der Waals surface area contributed by atoms with Crippen LogP contribution < -0.4 is 5.73 Å². The maximum atomic E-state index is 11.9. The van der Waals surface area contributed by atoms with E-state index in [0.29, 0.717) is 22.0 Å². The van der Waals surface area contributed by atoms with Crippen LogP contribution in [-0.2, 0) is 0 Å². The molecule has 0 spiro atoms. The third kappa shape index (κ3) is 3.48. The zero-order valence-corrected chi connectivity index (χ0v) is 10.7. The molecule has 0 aliphatic carbocycles. The summed E-state index contributed by atoms with van der Waals surface area (Å²) in [5.74, 6) is -0.0768. The first-order chi connectivity index (χ1) is 7.56.